The van der Waals surface area contributed by atoms with Crippen LogP contribution < -0.4 is 15.4 Å². The Balaban J connectivity index is 1.34. The number of hydrogen-bond donors (Lipinski definition) is 3. The number of rotatable bonds is 7. The number of carbonyl (C=O) groups is 2. The highest BCUT2D eigenvalue weighted by atomic mass is 35.5. The molecule has 3 aliphatic rings. The molecule has 2 atom stereocenters. The van der Waals surface area contributed by atoms with Crippen LogP contribution in [0.5, 0.6) is 5.75 Å². The van der Waals surface area contributed by atoms with E-state index in [-0.39, 0.29) is 35.2 Å². The molecule has 0 radical (unpaired) electrons. The lowest BCUT2D eigenvalue weighted by molar-refractivity contribution is -0.132. The third-order valence-corrected chi connectivity index (χ3v) is 6.97. The molecule has 5 rings (SSSR count). The third-order valence-electron chi connectivity index (χ3n) is 6.66. The highest BCUT2D eigenvalue weighted by molar-refractivity contribution is 6.30. The zero-order chi connectivity index (χ0) is 24.5. The summed E-state index contributed by atoms with van der Waals surface area (Å²) in [7, 11) is 0. The molecule has 0 aliphatic heterocycles. The van der Waals surface area contributed by atoms with Gasteiger partial charge in [-0.1, -0.05) is 11.6 Å². The fourth-order valence-electron chi connectivity index (χ4n) is 4.66. The van der Waals surface area contributed by atoms with E-state index in [1.165, 1.54) is 31.5 Å². The number of nitrogens with zero attached hydrogens (tertiary/aromatic N) is 2. The van der Waals surface area contributed by atoms with Crippen LogP contribution in [0.4, 0.5) is 8.78 Å². The van der Waals surface area contributed by atoms with Crippen molar-refractivity contribution in [2.75, 3.05) is 6.61 Å². The van der Waals surface area contributed by atoms with Crippen molar-refractivity contribution in [1.29, 1.82) is 0 Å². The van der Waals surface area contributed by atoms with Crippen molar-refractivity contribution in [3.63, 3.8) is 0 Å². The van der Waals surface area contributed by atoms with Gasteiger partial charge in [0.05, 0.1) is 34.8 Å². The van der Waals surface area contributed by atoms with Gasteiger partial charge in [0.1, 0.15) is 23.4 Å². The molecule has 3 N–H and O–H groups in total. The number of hydrogen-bond acceptors (Lipinski definition) is 6. The van der Waals surface area contributed by atoms with Gasteiger partial charge in [0.15, 0.2) is 6.61 Å². The molecular weight excluding hydrogens is 470 g/mol. The molecule has 2 amide bonds. The van der Waals surface area contributed by atoms with Crippen LogP contribution in [0, 0.1) is 5.82 Å². The van der Waals surface area contributed by atoms with Gasteiger partial charge in [-0.2, -0.15) is 0 Å². The zero-order valence-corrected chi connectivity index (χ0v) is 19.2. The highest BCUT2D eigenvalue weighted by Gasteiger charge is 2.55. The Hall–Kier alpha value is -2.85. The highest BCUT2D eigenvalue weighted by Crippen LogP contribution is 2.47. The monoisotopic (exact) mass is 494 g/mol. The third kappa shape index (κ3) is 4.97. The van der Waals surface area contributed by atoms with Crippen molar-refractivity contribution < 1.29 is 28.2 Å². The second kappa shape index (κ2) is 9.42. The largest absolute Gasteiger partial charge is 0.484 e. The summed E-state index contributed by atoms with van der Waals surface area (Å²) in [6.45, 7) is 0.992. The van der Waals surface area contributed by atoms with Crippen LogP contribution in [0.25, 0.3) is 0 Å². The standard InChI is InChI=1S/C23H25ClF2N4O4/c1-13(25)17-10-28-18(11-27-17)21(33)30-22-4-6-23(7-5-22,19(31)9-22)29-20(32)12-34-14-2-3-15(24)16(26)8-14/h2-3,8,10-11,13,19,31H,4-7,9,12H2,1H3,(H,29,32)(H,30,33). The van der Waals surface area contributed by atoms with E-state index in [9.17, 15) is 23.5 Å². The lowest BCUT2D eigenvalue weighted by Crippen LogP contribution is -2.70. The number of amides is 2. The number of carbonyl (C=O) groups excluding carboxylic acids is 2. The second-order valence-electron chi connectivity index (χ2n) is 8.97. The van der Waals surface area contributed by atoms with Gasteiger partial charge in [-0.05, 0) is 51.2 Å². The van der Waals surface area contributed by atoms with E-state index in [2.05, 4.69) is 20.6 Å². The lowest BCUT2D eigenvalue weighted by Gasteiger charge is -2.56. The number of nitrogens with one attached hydrogen (secondary N) is 2. The summed E-state index contributed by atoms with van der Waals surface area (Å²) in [6.07, 6.45) is 2.57. The van der Waals surface area contributed by atoms with Gasteiger partial charge in [0.2, 0.25) is 0 Å². The van der Waals surface area contributed by atoms with Gasteiger partial charge in [0.25, 0.3) is 11.8 Å². The van der Waals surface area contributed by atoms with Crippen LogP contribution in [0.15, 0.2) is 30.6 Å². The summed E-state index contributed by atoms with van der Waals surface area (Å²) < 4.78 is 32.2. The number of halogens is 3. The average Bonchev–Trinajstić information content (AvgIpc) is 2.81. The van der Waals surface area contributed by atoms with Crippen molar-refractivity contribution in [3.8, 4) is 5.75 Å². The molecule has 1 heterocycles. The van der Waals surface area contributed by atoms with Gasteiger partial charge in [-0.15, -0.1) is 0 Å². The van der Waals surface area contributed by atoms with E-state index >= 15 is 0 Å². The van der Waals surface area contributed by atoms with E-state index in [0.29, 0.717) is 25.7 Å². The van der Waals surface area contributed by atoms with Crippen molar-refractivity contribution in [2.45, 2.75) is 62.4 Å². The molecule has 3 fully saturated rings. The summed E-state index contributed by atoms with van der Waals surface area (Å²) >= 11 is 5.64. The van der Waals surface area contributed by atoms with Gasteiger partial charge >= 0.3 is 0 Å². The van der Waals surface area contributed by atoms with Gasteiger partial charge in [-0.25, -0.2) is 13.8 Å². The van der Waals surface area contributed by atoms with Crippen LogP contribution >= 0.6 is 11.6 Å². The fourth-order valence-corrected chi connectivity index (χ4v) is 4.77. The van der Waals surface area contributed by atoms with Crippen LogP contribution in [-0.2, 0) is 4.79 Å². The molecule has 2 aromatic rings. The SMILES string of the molecule is CC(F)c1cnc(C(=O)NC23CCC(NC(=O)COc4ccc(Cl)c(F)c4)(CC2)C(O)C3)cn1. The molecule has 1 aromatic carbocycles. The van der Waals surface area contributed by atoms with E-state index in [0.717, 1.165) is 6.07 Å². The normalized spacial score (nSPS) is 26.6. The Morgan fingerprint density at radius 3 is 2.56 bits per heavy atom. The molecule has 182 valence electrons. The summed E-state index contributed by atoms with van der Waals surface area (Å²) in [5.74, 6) is -1.36. The maximum Gasteiger partial charge on any atom is 0.271 e. The fraction of sp³-hybridized carbons (Fsp3) is 0.478. The molecule has 0 saturated heterocycles. The first-order valence-corrected chi connectivity index (χ1v) is 11.3. The minimum atomic E-state index is -1.28. The van der Waals surface area contributed by atoms with Gasteiger partial charge < -0.3 is 20.5 Å². The summed E-state index contributed by atoms with van der Waals surface area (Å²) in [5, 5.41) is 16.7. The van der Waals surface area contributed by atoms with Crippen molar-refractivity contribution in [1.82, 2.24) is 20.6 Å². The summed E-state index contributed by atoms with van der Waals surface area (Å²) in [4.78, 5) is 33.1. The maximum absolute atomic E-state index is 13.5. The molecule has 3 aliphatic carbocycles. The minimum absolute atomic E-state index is 0.0442. The summed E-state index contributed by atoms with van der Waals surface area (Å²) in [5.41, 5.74) is -1.24. The van der Waals surface area contributed by atoms with Crippen molar-refractivity contribution in [3.05, 3.63) is 52.8 Å². The number of ether oxygens (including phenoxy) is 1. The quantitative estimate of drug-likeness (QED) is 0.545. The van der Waals surface area contributed by atoms with Crippen molar-refractivity contribution in [2.24, 2.45) is 0 Å². The molecule has 1 aromatic heterocycles. The Labute approximate surface area is 200 Å². The van der Waals surface area contributed by atoms with Crippen LogP contribution in [-0.4, -0.2) is 50.7 Å². The molecular formula is C23H25ClF2N4O4. The smallest absolute Gasteiger partial charge is 0.271 e. The zero-order valence-electron chi connectivity index (χ0n) is 18.5. The molecule has 3 saturated carbocycles. The van der Waals surface area contributed by atoms with Gasteiger partial charge in [0, 0.05) is 11.6 Å². The molecule has 2 unspecified atom stereocenters. The molecule has 8 nitrogen and oxygen atoms in total. The van der Waals surface area contributed by atoms with E-state index < -0.39 is 41.0 Å². The Morgan fingerprint density at radius 1 is 1.24 bits per heavy atom. The number of benzene rings is 1. The van der Waals surface area contributed by atoms with E-state index in [1.54, 1.807) is 0 Å². The van der Waals surface area contributed by atoms with E-state index in [4.69, 9.17) is 16.3 Å². The minimum Gasteiger partial charge on any atom is -0.484 e. The van der Waals surface area contributed by atoms with Crippen LogP contribution in [0.3, 0.4) is 0 Å². The predicted molar refractivity (Wildman–Crippen MR) is 119 cm³/mol. The predicted octanol–water partition coefficient (Wildman–Crippen LogP) is 3.04. The number of aromatic nitrogens is 2. The molecule has 2 bridgehead atoms. The number of aliphatic hydroxyl groups is 1. The first kappa shape index (κ1) is 24.3. The molecule has 0 spiro atoms. The average molecular weight is 495 g/mol. The van der Waals surface area contributed by atoms with Crippen molar-refractivity contribution >= 4 is 23.4 Å². The number of fused-ring (bicyclic) bond motifs is 3. The van der Waals surface area contributed by atoms with Gasteiger partial charge in [-0.3, -0.25) is 14.6 Å². The first-order valence-electron chi connectivity index (χ1n) is 11.0. The Kier molecular flexibility index (Phi) is 6.73. The number of alkyl halides is 1. The second-order valence-corrected chi connectivity index (χ2v) is 9.37. The number of aliphatic hydroxyl groups excluding tert-OH is 1. The molecule has 34 heavy (non-hydrogen) atoms. The first-order chi connectivity index (χ1) is 16.1. The Morgan fingerprint density at radius 2 is 1.97 bits per heavy atom. The molecule has 11 heteroatoms. The van der Waals surface area contributed by atoms with Crippen LogP contribution in [0.2, 0.25) is 5.02 Å². The maximum atomic E-state index is 13.5. The summed E-state index contributed by atoms with van der Waals surface area (Å²) in [6, 6.07) is 3.89. The lowest BCUT2D eigenvalue weighted by atomic mass is 9.60. The topological polar surface area (TPSA) is 113 Å². The Bertz CT molecular complexity index is 1080. The van der Waals surface area contributed by atoms with E-state index in [1.807, 2.05) is 0 Å². The van der Waals surface area contributed by atoms with Crippen LogP contribution in [0.1, 0.15) is 61.4 Å².